The van der Waals surface area contributed by atoms with Crippen molar-refractivity contribution in [2.24, 2.45) is 0 Å². The van der Waals surface area contributed by atoms with Crippen LogP contribution in [0.1, 0.15) is 27.0 Å². The molecule has 0 aromatic heterocycles. The molecule has 2 aromatic carbocycles. The van der Waals surface area contributed by atoms with Gasteiger partial charge in [-0.05, 0) is 30.5 Å². The van der Waals surface area contributed by atoms with Crippen LogP contribution >= 0.6 is 0 Å². The summed E-state index contributed by atoms with van der Waals surface area (Å²) in [4.78, 5) is 11.3. The third-order valence-electron chi connectivity index (χ3n) is 3.06. The summed E-state index contributed by atoms with van der Waals surface area (Å²) in [5, 5.41) is 9.31. The number of carbonyl (C=O) groups excluding carboxylic acids is 1. The minimum atomic E-state index is 0.578. The maximum Gasteiger partial charge on any atom is 0.150 e. The van der Waals surface area contributed by atoms with Crippen molar-refractivity contribution in [3.8, 4) is 17.2 Å². The van der Waals surface area contributed by atoms with E-state index in [9.17, 15) is 10.1 Å². The van der Waals surface area contributed by atoms with Gasteiger partial charge in [0, 0.05) is 11.1 Å². The third kappa shape index (κ3) is 1.91. The Bertz CT molecular complexity index is 636. The number of nitrogens with zero attached hydrogens (tertiary/aromatic N) is 1. The molecule has 0 aliphatic heterocycles. The summed E-state index contributed by atoms with van der Waals surface area (Å²) >= 11 is 0. The Morgan fingerprint density at radius 2 is 1.78 bits per heavy atom. The number of rotatable bonds is 2. The van der Waals surface area contributed by atoms with E-state index in [1.165, 1.54) is 0 Å². The second-order valence-corrected chi connectivity index (χ2v) is 4.27. The summed E-state index contributed by atoms with van der Waals surface area (Å²) in [5.74, 6) is 0. The van der Waals surface area contributed by atoms with Crippen LogP contribution in [0.25, 0.3) is 11.1 Å². The van der Waals surface area contributed by atoms with Gasteiger partial charge in [-0.3, -0.25) is 4.79 Å². The van der Waals surface area contributed by atoms with Gasteiger partial charge < -0.3 is 0 Å². The molecule has 0 spiro atoms. The minimum Gasteiger partial charge on any atom is -0.298 e. The van der Waals surface area contributed by atoms with Crippen LogP contribution in [0.4, 0.5) is 0 Å². The second-order valence-electron chi connectivity index (χ2n) is 4.27. The Morgan fingerprint density at radius 1 is 1.11 bits per heavy atom. The monoisotopic (exact) mass is 235 g/mol. The fraction of sp³-hybridized carbons (Fsp3) is 0.125. The van der Waals surface area contributed by atoms with Gasteiger partial charge in [0.05, 0.1) is 5.56 Å². The van der Waals surface area contributed by atoms with E-state index in [1.807, 2.05) is 50.2 Å². The Balaban J connectivity index is 2.87. The number of hydrogen-bond acceptors (Lipinski definition) is 2. The molecule has 2 nitrogen and oxygen atoms in total. The van der Waals surface area contributed by atoms with Gasteiger partial charge in [-0.25, -0.2) is 0 Å². The van der Waals surface area contributed by atoms with Gasteiger partial charge in [0.25, 0.3) is 0 Å². The van der Waals surface area contributed by atoms with Crippen LogP contribution in [0.2, 0.25) is 0 Å². The maximum absolute atomic E-state index is 11.3. The largest absolute Gasteiger partial charge is 0.298 e. The summed E-state index contributed by atoms with van der Waals surface area (Å²) in [6.45, 7) is 3.79. The zero-order valence-electron chi connectivity index (χ0n) is 10.4. The molecule has 0 N–H and O–H groups in total. The van der Waals surface area contributed by atoms with Gasteiger partial charge in [0.2, 0.25) is 0 Å². The quantitative estimate of drug-likeness (QED) is 0.745. The van der Waals surface area contributed by atoms with E-state index in [1.54, 1.807) is 0 Å². The predicted molar refractivity (Wildman–Crippen MR) is 71.5 cm³/mol. The van der Waals surface area contributed by atoms with Gasteiger partial charge in [-0.2, -0.15) is 5.26 Å². The van der Waals surface area contributed by atoms with Crippen LogP contribution in [0.3, 0.4) is 0 Å². The molecule has 0 atom stereocenters. The summed E-state index contributed by atoms with van der Waals surface area (Å²) in [6, 6.07) is 13.7. The first kappa shape index (κ1) is 12.1. The van der Waals surface area contributed by atoms with Crippen LogP contribution in [0, 0.1) is 25.2 Å². The van der Waals surface area contributed by atoms with E-state index in [0.717, 1.165) is 28.5 Å². The number of hydrogen-bond donors (Lipinski definition) is 0. The zero-order chi connectivity index (χ0) is 13.1. The summed E-state index contributed by atoms with van der Waals surface area (Å²) in [7, 11) is 0. The molecule has 0 bridgehead atoms. The Kier molecular flexibility index (Phi) is 3.25. The van der Waals surface area contributed by atoms with Crippen molar-refractivity contribution < 1.29 is 4.79 Å². The van der Waals surface area contributed by atoms with Gasteiger partial charge in [-0.1, -0.05) is 36.4 Å². The third-order valence-corrected chi connectivity index (χ3v) is 3.06. The van der Waals surface area contributed by atoms with Gasteiger partial charge >= 0.3 is 0 Å². The van der Waals surface area contributed by atoms with E-state index in [2.05, 4.69) is 6.07 Å². The zero-order valence-corrected chi connectivity index (χ0v) is 10.4. The molecule has 0 fully saturated rings. The molecule has 2 heteroatoms. The van der Waals surface area contributed by atoms with Crippen molar-refractivity contribution in [1.82, 2.24) is 0 Å². The first-order valence-electron chi connectivity index (χ1n) is 5.74. The smallest absolute Gasteiger partial charge is 0.150 e. The fourth-order valence-electron chi connectivity index (χ4n) is 2.20. The van der Waals surface area contributed by atoms with Crippen LogP contribution in [0.5, 0.6) is 0 Å². The molecule has 0 saturated heterocycles. The van der Waals surface area contributed by atoms with Crippen molar-refractivity contribution in [1.29, 1.82) is 5.26 Å². The molecule has 0 aliphatic carbocycles. The molecule has 0 radical (unpaired) electrons. The minimum absolute atomic E-state index is 0.578. The normalized spacial score (nSPS) is 9.83. The van der Waals surface area contributed by atoms with Crippen LogP contribution in [-0.4, -0.2) is 6.29 Å². The number of aryl methyl sites for hydroxylation is 2. The molecule has 0 amide bonds. The lowest BCUT2D eigenvalue weighted by Gasteiger charge is -2.12. The Labute approximate surface area is 107 Å². The number of aldehydes is 1. The maximum atomic E-state index is 11.3. The molecule has 18 heavy (non-hydrogen) atoms. The molecule has 88 valence electrons. The Hall–Kier alpha value is -2.40. The molecule has 2 aromatic rings. The highest BCUT2D eigenvalue weighted by Gasteiger charge is 2.15. The standard InChI is InChI=1S/C16H13NO/c1-11-8-12(2)15(10-18)16(14(11)9-17)13-6-4-3-5-7-13/h3-8,10H,1-2H3. The highest BCUT2D eigenvalue weighted by atomic mass is 16.1. The molecule has 0 heterocycles. The topological polar surface area (TPSA) is 40.9 Å². The molecule has 0 saturated carbocycles. The first-order valence-corrected chi connectivity index (χ1v) is 5.74. The summed E-state index contributed by atoms with van der Waals surface area (Å²) < 4.78 is 0. The highest BCUT2D eigenvalue weighted by molar-refractivity contribution is 5.92. The number of benzene rings is 2. The van der Waals surface area contributed by atoms with Crippen LogP contribution in [-0.2, 0) is 0 Å². The molecule has 0 aliphatic rings. The van der Waals surface area contributed by atoms with Crippen LogP contribution < -0.4 is 0 Å². The lowest BCUT2D eigenvalue weighted by molar-refractivity contribution is 0.112. The van der Waals surface area contributed by atoms with Gasteiger partial charge in [-0.15, -0.1) is 0 Å². The summed E-state index contributed by atoms with van der Waals surface area (Å²) in [5.41, 5.74) is 4.63. The molecule has 2 rings (SSSR count). The fourth-order valence-corrected chi connectivity index (χ4v) is 2.20. The van der Waals surface area contributed by atoms with E-state index >= 15 is 0 Å². The molecule has 0 unspecified atom stereocenters. The van der Waals surface area contributed by atoms with Gasteiger partial charge in [0.1, 0.15) is 6.07 Å². The second kappa shape index (κ2) is 4.85. The van der Waals surface area contributed by atoms with Crippen molar-refractivity contribution in [2.45, 2.75) is 13.8 Å². The van der Waals surface area contributed by atoms with Gasteiger partial charge in [0.15, 0.2) is 6.29 Å². The van der Waals surface area contributed by atoms with E-state index < -0.39 is 0 Å². The highest BCUT2D eigenvalue weighted by Crippen LogP contribution is 2.30. The van der Waals surface area contributed by atoms with Crippen molar-refractivity contribution in [3.05, 3.63) is 58.7 Å². The predicted octanol–water partition coefficient (Wildman–Crippen LogP) is 3.65. The van der Waals surface area contributed by atoms with E-state index in [-0.39, 0.29) is 0 Å². The lowest BCUT2D eigenvalue weighted by atomic mass is 9.89. The van der Waals surface area contributed by atoms with E-state index in [0.29, 0.717) is 11.1 Å². The van der Waals surface area contributed by atoms with Crippen molar-refractivity contribution in [3.63, 3.8) is 0 Å². The first-order chi connectivity index (χ1) is 8.69. The molecular formula is C16H13NO. The lowest BCUT2D eigenvalue weighted by Crippen LogP contribution is -1.98. The Morgan fingerprint density at radius 3 is 2.33 bits per heavy atom. The average molecular weight is 235 g/mol. The SMILES string of the molecule is Cc1cc(C)c(C=O)c(-c2ccccc2)c1C#N. The average Bonchev–Trinajstić information content (AvgIpc) is 2.39. The van der Waals surface area contributed by atoms with Crippen LogP contribution in [0.15, 0.2) is 36.4 Å². The van der Waals surface area contributed by atoms with E-state index in [4.69, 9.17) is 0 Å². The number of nitriles is 1. The summed E-state index contributed by atoms with van der Waals surface area (Å²) in [6.07, 6.45) is 0.831. The molecular weight excluding hydrogens is 222 g/mol. The van der Waals surface area contributed by atoms with Crippen molar-refractivity contribution in [2.75, 3.05) is 0 Å². The number of carbonyl (C=O) groups is 1. The van der Waals surface area contributed by atoms with Crippen molar-refractivity contribution >= 4 is 6.29 Å².